The number of aliphatic hydroxyl groups excluding tert-OH is 1. The number of benzene rings is 2. The Kier molecular flexibility index (Phi) is 8.51. The maximum absolute atomic E-state index is 12.5. The Morgan fingerprint density at radius 2 is 1.62 bits per heavy atom. The Bertz CT molecular complexity index is 1210. The van der Waals surface area contributed by atoms with Gasteiger partial charge in [-0.25, -0.2) is 18.2 Å². The number of aryl methyl sites for hydroxylation is 1. The van der Waals surface area contributed by atoms with Gasteiger partial charge in [-0.1, -0.05) is 30.4 Å². The van der Waals surface area contributed by atoms with Gasteiger partial charge in [0.2, 0.25) is 0 Å². The van der Waals surface area contributed by atoms with Crippen LogP contribution in [-0.2, 0) is 10.0 Å². The molecule has 0 amide bonds. The molecule has 0 aliphatic heterocycles. The maximum Gasteiger partial charge on any atom is 0.339 e. The lowest BCUT2D eigenvalue weighted by atomic mass is 10.1. The number of aliphatic hydroxyl groups is 1. The molecule has 168 valence electrons. The molecular formula is C23H24N2O6S. The Labute approximate surface area is 186 Å². The molecule has 0 saturated carbocycles. The zero-order valence-corrected chi connectivity index (χ0v) is 18.4. The van der Waals surface area contributed by atoms with Gasteiger partial charge in [0.05, 0.1) is 4.90 Å². The van der Waals surface area contributed by atoms with Gasteiger partial charge in [0.1, 0.15) is 17.1 Å². The highest BCUT2D eigenvalue weighted by Gasteiger charge is 2.14. The summed E-state index contributed by atoms with van der Waals surface area (Å²) < 4.78 is 27.4. The molecule has 3 rings (SSSR count). The van der Waals surface area contributed by atoms with Gasteiger partial charge < -0.3 is 15.3 Å². The normalized spacial score (nSPS) is 11.0. The molecule has 2 aromatic carbocycles. The third kappa shape index (κ3) is 6.93. The standard InChI is InChI=1S/C21H18N2O5S.C2H6O/c1-14-10-11-22-20(12-14)23-29(27,28)17-7-4-15(5-8-17)2-3-16-6-9-19(24)18(13-16)21(25)26;1-2-3/h2-13,24H,1H3,(H,22,23)(H,25,26);3H,2H2,1H3/b3-2+;. The van der Waals surface area contributed by atoms with Gasteiger partial charge in [-0.3, -0.25) is 4.72 Å². The first-order valence-electron chi connectivity index (χ1n) is 9.57. The summed E-state index contributed by atoms with van der Waals surface area (Å²) in [6.07, 6.45) is 4.91. The van der Waals surface area contributed by atoms with E-state index in [1.54, 1.807) is 49.4 Å². The number of aromatic hydroxyl groups is 1. The van der Waals surface area contributed by atoms with Crippen LogP contribution in [0, 0.1) is 6.92 Å². The van der Waals surface area contributed by atoms with E-state index < -0.39 is 16.0 Å². The van der Waals surface area contributed by atoms with Crippen molar-refractivity contribution < 1.29 is 28.5 Å². The quantitative estimate of drug-likeness (QED) is 0.415. The van der Waals surface area contributed by atoms with Crippen LogP contribution in [-0.4, -0.2) is 41.3 Å². The fourth-order valence-corrected chi connectivity index (χ4v) is 3.57. The monoisotopic (exact) mass is 456 g/mol. The van der Waals surface area contributed by atoms with Crippen molar-refractivity contribution in [1.82, 2.24) is 4.98 Å². The van der Waals surface area contributed by atoms with E-state index in [1.807, 2.05) is 6.92 Å². The Balaban J connectivity index is 0.00000114. The van der Waals surface area contributed by atoms with Crippen LogP contribution in [0.4, 0.5) is 5.82 Å². The SMILES string of the molecule is CCO.Cc1ccnc(NS(=O)(=O)c2ccc(/C=C/c3ccc(O)c(C(=O)O)c3)cc2)c1. The molecule has 0 saturated heterocycles. The first kappa shape index (κ1) is 24.6. The molecule has 0 bridgehead atoms. The number of hydrogen-bond acceptors (Lipinski definition) is 6. The van der Waals surface area contributed by atoms with Gasteiger partial charge in [0, 0.05) is 12.8 Å². The smallest absolute Gasteiger partial charge is 0.339 e. The predicted octanol–water partition coefficient (Wildman–Crippen LogP) is 3.76. The highest BCUT2D eigenvalue weighted by molar-refractivity contribution is 7.92. The van der Waals surface area contributed by atoms with Crippen molar-refractivity contribution in [3.05, 3.63) is 83.0 Å². The third-order valence-corrected chi connectivity index (χ3v) is 5.43. The summed E-state index contributed by atoms with van der Waals surface area (Å²) >= 11 is 0. The molecule has 3 aromatic rings. The van der Waals surface area contributed by atoms with Crippen LogP contribution in [0.5, 0.6) is 5.75 Å². The average Bonchev–Trinajstić information content (AvgIpc) is 2.73. The van der Waals surface area contributed by atoms with Crippen molar-refractivity contribution in [3.8, 4) is 5.75 Å². The van der Waals surface area contributed by atoms with E-state index >= 15 is 0 Å². The second-order valence-electron chi connectivity index (χ2n) is 6.62. The largest absolute Gasteiger partial charge is 0.507 e. The van der Waals surface area contributed by atoms with Gasteiger partial charge in [-0.2, -0.15) is 0 Å². The first-order chi connectivity index (χ1) is 15.2. The van der Waals surface area contributed by atoms with Gasteiger partial charge in [-0.05, 0) is 66.9 Å². The van der Waals surface area contributed by atoms with Gasteiger partial charge in [0.25, 0.3) is 10.0 Å². The second-order valence-corrected chi connectivity index (χ2v) is 8.31. The molecule has 0 unspecified atom stereocenters. The number of carboxylic acids is 1. The van der Waals surface area contributed by atoms with E-state index in [9.17, 15) is 18.3 Å². The molecule has 0 atom stereocenters. The van der Waals surface area contributed by atoms with Crippen LogP contribution >= 0.6 is 0 Å². The number of phenols is 1. The van der Waals surface area contributed by atoms with Crippen molar-refractivity contribution in [2.45, 2.75) is 18.7 Å². The molecule has 9 heteroatoms. The molecule has 8 nitrogen and oxygen atoms in total. The van der Waals surface area contributed by atoms with Crippen LogP contribution in [0.15, 0.2) is 65.7 Å². The fourth-order valence-electron chi connectivity index (χ4n) is 2.57. The average molecular weight is 457 g/mol. The van der Waals surface area contributed by atoms with Gasteiger partial charge in [0.15, 0.2) is 0 Å². The molecule has 1 heterocycles. The first-order valence-corrected chi connectivity index (χ1v) is 11.1. The lowest BCUT2D eigenvalue weighted by Crippen LogP contribution is -2.13. The number of anilines is 1. The van der Waals surface area contributed by atoms with Gasteiger partial charge >= 0.3 is 5.97 Å². The fraction of sp³-hybridized carbons (Fsp3) is 0.130. The summed E-state index contributed by atoms with van der Waals surface area (Å²) in [5, 5.41) is 26.2. The third-order valence-electron chi connectivity index (χ3n) is 4.06. The molecule has 32 heavy (non-hydrogen) atoms. The van der Waals surface area contributed by atoms with Crippen molar-refractivity contribution in [1.29, 1.82) is 0 Å². The number of carbonyl (C=O) groups is 1. The maximum atomic E-state index is 12.5. The molecule has 0 spiro atoms. The number of aromatic carboxylic acids is 1. The molecule has 0 aliphatic rings. The minimum Gasteiger partial charge on any atom is -0.507 e. The lowest BCUT2D eigenvalue weighted by Gasteiger charge is -2.08. The topological polar surface area (TPSA) is 137 Å². The highest BCUT2D eigenvalue weighted by Crippen LogP contribution is 2.21. The molecule has 4 N–H and O–H groups in total. The van der Waals surface area contributed by atoms with E-state index in [0.717, 1.165) is 11.1 Å². The Morgan fingerprint density at radius 3 is 2.22 bits per heavy atom. The summed E-state index contributed by atoms with van der Waals surface area (Å²) in [6.45, 7) is 3.77. The summed E-state index contributed by atoms with van der Waals surface area (Å²) in [5.74, 6) is -1.28. The van der Waals surface area contributed by atoms with Crippen molar-refractivity contribution in [3.63, 3.8) is 0 Å². The van der Waals surface area contributed by atoms with E-state index in [-0.39, 0.29) is 28.6 Å². The molecular weight excluding hydrogens is 432 g/mol. The van der Waals surface area contributed by atoms with E-state index in [4.69, 9.17) is 10.2 Å². The second kappa shape index (κ2) is 11.1. The number of hydrogen-bond donors (Lipinski definition) is 4. The van der Waals surface area contributed by atoms with Crippen LogP contribution in [0.3, 0.4) is 0 Å². The lowest BCUT2D eigenvalue weighted by molar-refractivity contribution is 0.0693. The van der Waals surface area contributed by atoms with Crippen LogP contribution < -0.4 is 4.72 Å². The van der Waals surface area contributed by atoms with Crippen LogP contribution in [0.25, 0.3) is 12.2 Å². The minimum absolute atomic E-state index is 0.0933. The summed E-state index contributed by atoms with van der Waals surface area (Å²) in [7, 11) is -3.76. The van der Waals surface area contributed by atoms with Crippen molar-refractivity contribution in [2.75, 3.05) is 11.3 Å². The number of carboxylic acid groups (broad SMARTS) is 1. The number of sulfonamides is 1. The van der Waals surface area contributed by atoms with Crippen LogP contribution in [0.2, 0.25) is 0 Å². The Hall–Kier alpha value is -3.69. The van der Waals surface area contributed by atoms with Crippen molar-refractivity contribution >= 4 is 34.0 Å². The predicted molar refractivity (Wildman–Crippen MR) is 123 cm³/mol. The number of aromatic nitrogens is 1. The molecule has 1 aromatic heterocycles. The molecule has 0 radical (unpaired) electrons. The van der Waals surface area contributed by atoms with E-state index in [2.05, 4.69) is 9.71 Å². The van der Waals surface area contributed by atoms with E-state index in [1.165, 1.54) is 30.5 Å². The summed E-state index contributed by atoms with van der Waals surface area (Å²) in [6, 6.07) is 13.9. The summed E-state index contributed by atoms with van der Waals surface area (Å²) in [5.41, 5.74) is 2.01. The Morgan fingerprint density at radius 1 is 1.03 bits per heavy atom. The number of rotatable bonds is 6. The highest BCUT2D eigenvalue weighted by atomic mass is 32.2. The molecule has 0 aliphatic carbocycles. The zero-order valence-electron chi connectivity index (χ0n) is 17.6. The molecule has 0 fully saturated rings. The van der Waals surface area contributed by atoms with Gasteiger partial charge in [-0.15, -0.1) is 0 Å². The minimum atomic E-state index is -3.76. The summed E-state index contributed by atoms with van der Waals surface area (Å²) in [4.78, 5) is 15.2. The number of nitrogens with zero attached hydrogens (tertiary/aromatic N) is 1. The number of pyridine rings is 1. The van der Waals surface area contributed by atoms with Crippen LogP contribution in [0.1, 0.15) is 34.0 Å². The van der Waals surface area contributed by atoms with E-state index in [0.29, 0.717) is 5.56 Å². The number of nitrogens with one attached hydrogen (secondary N) is 1. The van der Waals surface area contributed by atoms with Crippen molar-refractivity contribution in [2.24, 2.45) is 0 Å². The zero-order chi connectivity index (χ0) is 23.7.